The first-order valence-corrected chi connectivity index (χ1v) is 6.60. The monoisotopic (exact) mass is 268 g/mol. The highest BCUT2D eigenvalue weighted by Gasteiger charge is 2.12. The van der Waals surface area contributed by atoms with E-state index in [9.17, 15) is 9.18 Å². The van der Waals surface area contributed by atoms with Crippen LogP contribution in [0.2, 0.25) is 0 Å². The molecule has 98 valence electrons. The minimum atomic E-state index is -1.03. The Bertz CT molecular complexity index is 461. The molecule has 0 aliphatic heterocycles. The lowest BCUT2D eigenvalue weighted by Gasteiger charge is -2.18. The fraction of sp³-hybridized carbons (Fsp3) is 0.357. The Kier molecular flexibility index (Phi) is 4.96. The molecule has 0 radical (unpaired) electrons. The number of benzene rings is 1. The normalized spacial score (nSPS) is 12.0. The quantitative estimate of drug-likeness (QED) is 0.840. The smallest absolute Gasteiger partial charge is 0.328 e. The average Bonchev–Trinajstić information content (AvgIpc) is 2.23. The molecule has 0 spiro atoms. The molecule has 1 rings (SSSR count). The lowest BCUT2D eigenvalue weighted by Crippen LogP contribution is -2.07. The molecular weight excluding hydrogens is 251 g/mol. The van der Waals surface area contributed by atoms with Crippen molar-refractivity contribution in [1.82, 2.24) is 0 Å². The van der Waals surface area contributed by atoms with Crippen molar-refractivity contribution in [2.45, 2.75) is 31.3 Å². The van der Waals surface area contributed by atoms with E-state index in [4.69, 9.17) is 5.11 Å². The number of carbonyl (C=O) groups is 1. The molecule has 0 saturated carbocycles. The first kappa shape index (κ1) is 14.8. The van der Waals surface area contributed by atoms with Gasteiger partial charge in [0.1, 0.15) is 5.82 Å². The molecule has 1 aromatic rings. The third-order valence-electron chi connectivity index (χ3n) is 2.17. The predicted octanol–water partition coefficient (Wildman–Crippen LogP) is 3.96. The number of carboxylic acids is 1. The number of halogens is 1. The van der Waals surface area contributed by atoms with E-state index in [1.807, 2.05) is 0 Å². The molecule has 0 aliphatic carbocycles. The molecule has 1 N–H and O–H groups in total. The van der Waals surface area contributed by atoms with Crippen molar-refractivity contribution in [3.63, 3.8) is 0 Å². The molecule has 0 fully saturated rings. The zero-order valence-corrected chi connectivity index (χ0v) is 11.6. The van der Waals surface area contributed by atoms with Gasteiger partial charge in [-0.1, -0.05) is 26.8 Å². The van der Waals surface area contributed by atoms with Crippen LogP contribution in [0.15, 0.2) is 24.3 Å². The summed E-state index contributed by atoms with van der Waals surface area (Å²) >= 11 is 1.74. The Morgan fingerprint density at radius 2 is 2.11 bits per heavy atom. The van der Waals surface area contributed by atoms with Crippen LogP contribution in [0.3, 0.4) is 0 Å². The van der Waals surface area contributed by atoms with Gasteiger partial charge in [-0.15, -0.1) is 0 Å². The van der Waals surface area contributed by atoms with Crippen molar-refractivity contribution in [3.8, 4) is 0 Å². The van der Waals surface area contributed by atoms with Crippen molar-refractivity contribution < 1.29 is 14.3 Å². The number of hydrogen-bond donors (Lipinski definition) is 1. The summed E-state index contributed by atoms with van der Waals surface area (Å²) in [5.41, 5.74) is 1.56. The topological polar surface area (TPSA) is 37.3 Å². The summed E-state index contributed by atoms with van der Waals surface area (Å²) in [6, 6.07) is 4.46. The summed E-state index contributed by atoms with van der Waals surface area (Å²) in [5.74, 6) is -0.665. The summed E-state index contributed by atoms with van der Waals surface area (Å²) in [6.07, 6.45) is 2.46. The zero-order valence-electron chi connectivity index (χ0n) is 10.7. The first-order valence-electron chi connectivity index (χ1n) is 5.61. The summed E-state index contributed by atoms with van der Waals surface area (Å²) in [6.45, 7) is 6.32. The Labute approximate surface area is 111 Å². The van der Waals surface area contributed by atoms with E-state index in [0.717, 1.165) is 17.4 Å². The second kappa shape index (κ2) is 6.05. The van der Waals surface area contributed by atoms with Gasteiger partial charge in [-0.05, 0) is 29.3 Å². The van der Waals surface area contributed by atoms with E-state index in [2.05, 4.69) is 20.8 Å². The lowest BCUT2D eigenvalue weighted by molar-refractivity contribution is -0.131. The van der Waals surface area contributed by atoms with Gasteiger partial charge in [0.25, 0.3) is 0 Å². The number of aliphatic carboxylic acids is 1. The third kappa shape index (κ3) is 5.36. The maximum atomic E-state index is 13.2. The molecule has 0 unspecified atom stereocenters. The Hall–Kier alpha value is -1.29. The molecule has 0 atom stereocenters. The fourth-order valence-corrected chi connectivity index (χ4v) is 2.16. The van der Waals surface area contributed by atoms with Gasteiger partial charge in [0.05, 0.1) is 0 Å². The SMILES string of the molecule is CC(C)(C)SCc1ccc(F)cc1/C=C/C(=O)O. The van der Waals surface area contributed by atoms with Gasteiger partial charge in [0, 0.05) is 16.6 Å². The highest BCUT2D eigenvalue weighted by atomic mass is 32.2. The summed E-state index contributed by atoms with van der Waals surface area (Å²) in [7, 11) is 0. The molecule has 18 heavy (non-hydrogen) atoms. The van der Waals surface area contributed by atoms with Crippen molar-refractivity contribution in [3.05, 3.63) is 41.2 Å². The fourth-order valence-electron chi connectivity index (χ4n) is 1.31. The average molecular weight is 268 g/mol. The Morgan fingerprint density at radius 1 is 1.44 bits per heavy atom. The van der Waals surface area contributed by atoms with E-state index in [1.165, 1.54) is 18.2 Å². The van der Waals surface area contributed by atoms with Crippen molar-refractivity contribution in [1.29, 1.82) is 0 Å². The maximum absolute atomic E-state index is 13.2. The molecule has 2 nitrogen and oxygen atoms in total. The summed E-state index contributed by atoms with van der Waals surface area (Å²) < 4.78 is 13.3. The van der Waals surface area contributed by atoms with Crippen LogP contribution in [0, 0.1) is 5.82 Å². The molecule has 4 heteroatoms. The molecule has 0 heterocycles. The molecule has 0 amide bonds. The summed E-state index contributed by atoms with van der Waals surface area (Å²) in [5, 5.41) is 8.61. The number of rotatable bonds is 4. The van der Waals surface area contributed by atoms with Crippen LogP contribution in [-0.2, 0) is 10.5 Å². The molecule has 0 bridgehead atoms. The molecule has 0 aromatic heterocycles. The van der Waals surface area contributed by atoms with Crippen molar-refractivity contribution in [2.24, 2.45) is 0 Å². The van der Waals surface area contributed by atoms with Gasteiger partial charge < -0.3 is 5.11 Å². The maximum Gasteiger partial charge on any atom is 0.328 e. The van der Waals surface area contributed by atoms with E-state index >= 15 is 0 Å². The number of carboxylic acid groups (broad SMARTS) is 1. The van der Waals surface area contributed by atoms with Gasteiger partial charge in [-0.2, -0.15) is 11.8 Å². The van der Waals surface area contributed by atoms with Crippen LogP contribution in [0.4, 0.5) is 4.39 Å². The highest BCUT2D eigenvalue weighted by Crippen LogP contribution is 2.29. The minimum absolute atomic E-state index is 0.113. The van der Waals surface area contributed by atoms with Crippen LogP contribution in [0.1, 0.15) is 31.9 Å². The number of hydrogen-bond acceptors (Lipinski definition) is 2. The molecule has 0 aliphatic rings. The molecule has 0 saturated heterocycles. The first-order chi connectivity index (χ1) is 8.28. The van der Waals surface area contributed by atoms with Crippen LogP contribution < -0.4 is 0 Å². The van der Waals surface area contributed by atoms with Crippen LogP contribution in [-0.4, -0.2) is 15.8 Å². The van der Waals surface area contributed by atoms with E-state index in [-0.39, 0.29) is 10.6 Å². The highest BCUT2D eigenvalue weighted by molar-refractivity contribution is 7.99. The van der Waals surface area contributed by atoms with Gasteiger partial charge in [-0.25, -0.2) is 9.18 Å². The standard InChI is InChI=1S/C14H17FO2S/c1-14(2,3)18-9-11-4-6-12(15)8-10(11)5-7-13(16)17/h4-8H,9H2,1-3H3,(H,16,17)/b7-5+. The molecular formula is C14H17FO2S. The van der Waals surface area contributed by atoms with Crippen molar-refractivity contribution in [2.75, 3.05) is 0 Å². The molecule has 1 aromatic carbocycles. The van der Waals surface area contributed by atoms with Gasteiger partial charge >= 0.3 is 5.97 Å². The van der Waals surface area contributed by atoms with Crippen LogP contribution in [0.25, 0.3) is 6.08 Å². The predicted molar refractivity (Wildman–Crippen MR) is 74.1 cm³/mol. The Morgan fingerprint density at radius 3 is 2.67 bits per heavy atom. The second-order valence-corrected chi connectivity index (χ2v) is 6.72. The van der Waals surface area contributed by atoms with Crippen molar-refractivity contribution >= 4 is 23.8 Å². The summed E-state index contributed by atoms with van der Waals surface area (Å²) in [4.78, 5) is 10.5. The lowest BCUT2D eigenvalue weighted by atomic mass is 10.1. The van der Waals surface area contributed by atoms with E-state index in [0.29, 0.717) is 5.56 Å². The largest absolute Gasteiger partial charge is 0.478 e. The second-order valence-electron chi connectivity index (χ2n) is 4.92. The van der Waals surface area contributed by atoms with Gasteiger partial charge in [0.2, 0.25) is 0 Å². The van der Waals surface area contributed by atoms with Gasteiger partial charge in [-0.3, -0.25) is 0 Å². The minimum Gasteiger partial charge on any atom is -0.478 e. The van der Waals surface area contributed by atoms with Crippen LogP contribution in [0.5, 0.6) is 0 Å². The Balaban J connectivity index is 2.93. The van der Waals surface area contributed by atoms with Crippen LogP contribution >= 0.6 is 11.8 Å². The zero-order chi connectivity index (χ0) is 13.8. The van der Waals surface area contributed by atoms with E-state index in [1.54, 1.807) is 17.8 Å². The number of thioether (sulfide) groups is 1. The van der Waals surface area contributed by atoms with Gasteiger partial charge in [0.15, 0.2) is 0 Å². The van der Waals surface area contributed by atoms with E-state index < -0.39 is 5.97 Å². The third-order valence-corrected chi connectivity index (χ3v) is 3.50.